The Labute approximate surface area is 173 Å². The number of fused-ring (bicyclic) bond motifs is 1. The second kappa shape index (κ2) is 9.96. The fourth-order valence-corrected chi connectivity index (χ4v) is 3.93. The lowest BCUT2D eigenvalue weighted by Crippen LogP contribution is -2.52. The molecule has 0 aliphatic carbocycles. The molecule has 0 radical (unpaired) electrons. The van der Waals surface area contributed by atoms with Crippen molar-refractivity contribution in [1.29, 1.82) is 0 Å². The summed E-state index contributed by atoms with van der Waals surface area (Å²) in [5, 5.41) is 2.98. The van der Waals surface area contributed by atoms with Gasteiger partial charge in [0, 0.05) is 39.3 Å². The Kier molecular flexibility index (Phi) is 7.36. The van der Waals surface area contributed by atoms with Gasteiger partial charge in [-0.1, -0.05) is 13.0 Å². The number of likely N-dealkylation sites (tertiary alicyclic amines) is 1. The quantitative estimate of drug-likeness (QED) is 0.742. The van der Waals surface area contributed by atoms with Crippen molar-refractivity contribution >= 4 is 17.6 Å². The lowest BCUT2D eigenvalue weighted by atomic mass is 9.96. The molecule has 1 saturated heterocycles. The van der Waals surface area contributed by atoms with E-state index in [0.717, 1.165) is 29.8 Å². The zero-order valence-corrected chi connectivity index (χ0v) is 17.8. The lowest BCUT2D eigenvalue weighted by molar-refractivity contribution is -0.126. The largest absolute Gasteiger partial charge is 0.486 e. The first-order valence-corrected chi connectivity index (χ1v) is 10.6. The molecule has 7 nitrogen and oxygen atoms in total. The second-order valence-electron chi connectivity index (χ2n) is 7.91. The van der Waals surface area contributed by atoms with Crippen molar-refractivity contribution in [3.8, 4) is 5.75 Å². The van der Waals surface area contributed by atoms with Crippen LogP contribution in [0.1, 0.15) is 38.2 Å². The Morgan fingerprint density at radius 2 is 2.03 bits per heavy atom. The molecule has 2 heterocycles. The van der Waals surface area contributed by atoms with E-state index in [2.05, 4.69) is 12.2 Å². The van der Waals surface area contributed by atoms with E-state index in [-0.39, 0.29) is 24.0 Å². The topological polar surface area (TPSA) is 71.1 Å². The monoisotopic (exact) mass is 403 g/mol. The third-order valence-corrected chi connectivity index (χ3v) is 5.73. The fraction of sp³-hybridized carbons (Fsp3) is 0.636. The average molecular weight is 404 g/mol. The first-order chi connectivity index (χ1) is 14.0. The molecule has 2 aliphatic rings. The van der Waals surface area contributed by atoms with Crippen LogP contribution in [0.15, 0.2) is 18.2 Å². The summed E-state index contributed by atoms with van der Waals surface area (Å²) in [7, 11) is 1.66. The van der Waals surface area contributed by atoms with Crippen molar-refractivity contribution in [2.45, 2.75) is 45.6 Å². The van der Waals surface area contributed by atoms with E-state index in [1.165, 1.54) is 0 Å². The van der Waals surface area contributed by atoms with Gasteiger partial charge in [0.15, 0.2) is 0 Å². The van der Waals surface area contributed by atoms with Crippen LogP contribution in [0.2, 0.25) is 0 Å². The minimum atomic E-state index is -0.0239. The zero-order valence-electron chi connectivity index (χ0n) is 17.8. The SMILES string of the molecule is CC[C@@H]1CN(C(=O)N2CCC(C(=O)NCCCOC)CC2)c2cc(C)ccc2O1. The van der Waals surface area contributed by atoms with Crippen molar-refractivity contribution in [3.05, 3.63) is 23.8 Å². The highest BCUT2D eigenvalue weighted by Gasteiger charge is 2.34. The lowest BCUT2D eigenvalue weighted by Gasteiger charge is -2.39. The third kappa shape index (κ3) is 5.21. The summed E-state index contributed by atoms with van der Waals surface area (Å²) in [6, 6.07) is 5.99. The molecule has 1 N–H and O–H groups in total. The minimum absolute atomic E-state index is 0.00423. The predicted molar refractivity (Wildman–Crippen MR) is 112 cm³/mol. The van der Waals surface area contributed by atoms with Crippen LogP contribution in [-0.2, 0) is 9.53 Å². The van der Waals surface area contributed by atoms with E-state index >= 15 is 0 Å². The van der Waals surface area contributed by atoms with Gasteiger partial charge in [-0.25, -0.2) is 4.79 Å². The Balaban J connectivity index is 1.59. The van der Waals surface area contributed by atoms with E-state index in [1.807, 2.05) is 34.9 Å². The Hall–Kier alpha value is -2.28. The smallest absolute Gasteiger partial charge is 0.324 e. The highest BCUT2D eigenvalue weighted by Crippen LogP contribution is 2.36. The molecule has 1 fully saturated rings. The molecule has 7 heteroatoms. The van der Waals surface area contributed by atoms with Gasteiger partial charge in [0.25, 0.3) is 0 Å². The summed E-state index contributed by atoms with van der Waals surface area (Å²) in [6.45, 7) is 7.13. The number of nitrogens with zero attached hydrogens (tertiary/aromatic N) is 2. The highest BCUT2D eigenvalue weighted by atomic mass is 16.5. The predicted octanol–water partition coefficient (Wildman–Crippen LogP) is 2.96. The number of hydrogen-bond acceptors (Lipinski definition) is 4. The molecule has 3 amide bonds. The van der Waals surface area contributed by atoms with Gasteiger partial charge in [-0.2, -0.15) is 0 Å². The molecular weight excluding hydrogens is 370 g/mol. The van der Waals surface area contributed by atoms with Gasteiger partial charge in [0.05, 0.1) is 12.2 Å². The Morgan fingerprint density at radius 3 is 2.72 bits per heavy atom. The number of hydrogen-bond donors (Lipinski definition) is 1. The maximum atomic E-state index is 13.3. The molecule has 160 valence electrons. The first-order valence-electron chi connectivity index (χ1n) is 10.6. The number of benzene rings is 1. The van der Waals surface area contributed by atoms with Crippen LogP contribution in [0.4, 0.5) is 10.5 Å². The van der Waals surface area contributed by atoms with Gasteiger partial charge >= 0.3 is 6.03 Å². The number of amides is 3. The van der Waals surface area contributed by atoms with Crippen molar-refractivity contribution in [3.63, 3.8) is 0 Å². The molecule has 0 unspecified atom stereocenters. The number of methoxy groups -OCH3 is 1. The second-order valence-corrected chi connectivity index (χ2v) is 7.91. The van der Waals surface area contributed by atoms with E-state index < -0.39 is 0 Å². The first kappa shape index (κ1) is 21.4. The summed E-state index contributed by atoms with van der Waals surface area (Å²) in [4.78, 5) is 29.4. The standard InChI is InChI=1S/C22H33N3O4/c1-4-18-15-25(19-14-16(2)6-7-20(19)29-18)22(27)24-11-8-17(9-12-24)21(26)23-10-5-13-28-3/h6-7,14,17-18H,4-5,8-13,15H2,1-3H3,(H,23,26)/t18-/m1/s1. The number of ether oxygens (including phenoxy) is 2. The molecule has 3 rings (SSSR count). The molecule has 1 aromatic rings. The van der Waals surface area contributed by atoms with Crippen LogP contribution in [0.5, 0.6) is 5.75 Å². The van der Waals surface area contributed by atoms with Crippen LogP contribution in [0, 0.1) is 12.8 Å². The summed E-state index contributed by atoms with van der Waals surface area (Å²) < 4.78 is 11.0. The van der Waals surface area contributed by atoms with Gasteiger partial charge in [0.1, 0.15) is 11.9 Å². The van der Waals surface area contributed by atoms with Crippen LogP contribution in [0.25, 0.3) is 0 Å². The van der Waals surface area contributed by atoms with Crippen molar-refractivity contribution < 1.29 is 19.1 Å². The van der Waals surface area contributed by atoms with Crippen molar-refractivity contribution in [2.75, 3.05) is 44.8 Å². The number of rotatable bonds is 6. The number of anilines is 1. The Morgan fingerprint density at radius 1 is 1.28 bits per heavy atom. The summed E-state index contributed by atoms with van der Waals surface area (Å²) in [5.41, 5.74) is 1.95. The molecule has 2 aliphatic heterocycles. The highest BCUT2D eigenvalue weighted by molar-refractivity contribution is 5.94. The number of carbonyl (C=O) groups excluding carboxylic acids is 2. The summed E-state index contributed by atoms with van der Waals surface area (Å²) in [6.07, 6.45) is 3.06. The normalized spacial score (nSPS) is 19.5. The number of piperidine rings is 1. The molecule has 29 heavy (non-hydrogen) atoms. The van der Waals surface area contributed by atoms with Crippen LogP contribution in [-0.4, -0.2) is 62.8 Å². The molecule has 0 saturated carbocycles. The maximum Gasteiger partial charge on any atom is 0.324 e. The average Bonchev–Trinajstić information content (AvgIpc) is 2.75. The van der Waals surface area contributed by atoms with Gasteiger partial charge in [-0.05, 0) is 50.3 Å². The maximum absolute atomic E-state index is 13.3. The van der Waals surface area contributed by atoms with Gasteiger partial charge in [0.2, 0.25) is 5.91 Å². The van der Waals surface area contributed by atoms with Crippen LogP contribution < -0.4 is 15.0 Å². The molecular formula is C22H33N3O4. The third-order valence-electron chi connectivity index (χ3n) is 5.73. The molecule has 0 spiro atoms. The zero-order chi connectivity index (χ0) is 20.8. The molecule has 1 aromatic carbocycles. The van der Waals surface area contributed by atoms with E-state index in [0.29, 0.717) is 45.6 Å². The molecule has 1 atom stereocenters. The van der Waals surface area contributed by atoms with E-state index in [1.54, 1.807) is 7.11 Å². The van der Waals surface area contributed by atoms with Crippen molar-refractivity contribution in [1.82, 2.24) is 10.2 Å². The number of nitrogens with one attached hydrogen (secondary N) is 1. The van der Waals surface area contributed by atoms with E-state index in [4.69, 9.17) is 9.47 Å². The molecule has 0 bridgehead atoms. The number of carbonyl (C=O) groups is 2. The van der Waals surface area contributed by atoms with Crippen LogP contribution >= 0.6 is 0 Å². The van der Waals surface area contributed by atoms with Crippen molar-refractivity contribution in [2.24, 2.45) is 5.92 Å². The molecule has 0 aromatic heterocycles. The number of aryl methyl sites for hydroxylation is 1. The van der Waals surface area contributed by atoms with E-state index in [9.17, 15) is 9.59 Å². The number of urea groups is 1. The summed E-state index contributed by atoms with van der Waals surface area (Å²) in [5.74, 6) is 0.836. The summed E-state index contributed by atoms with van der Waals surface area (Å²) >= 11 is 0. The fourth-order valence-electron chi connectivity index (χ4n) is 3.93. The van der Waals surface area contributed by atoms with Gasteiger partial charge in [-0.15, -0.1) is 0 Å². The minimum Gasteiger partial charge on any atom is -0.486 e. The Bertz CT molecular complexity index is 716. The van der Waals surface area contributed by atoms with Crippen LogP contribution in [0.3, 0.4) is 0 Å². The van der Waals surface area contributed by atoms with Gasteiger partial charge < -0.3 is 19.7 Å². The van der Waals surface area contributed by atoms with Gasteiger partial charge in [-0.3, -0.25) is 9.69 Å².